The molecule has 202 valence electrons. The van der Waals surface area contributed by atoms with Crippen molar-refractivity contribution >= 4 is 38.0 Å². The quantitative estimate of drug-likeness (QED) is 0.363. The fraction of sp³-hybridized carbons (Fsp3) is 0.375. The van der Waals surface area contributed by atoms with Crippen molar-refractivity contribution in [3.05, 3.63) is 54.6 Å². The number of alkyl halides is 3. The van der Waals surface area contributed by atoms with Gasteiger partial charge in [-0.3, -0.25) is 9.69 Å². The molecule has 0 saturated carbocycles. The SMILES string of the molecule is CC(O)c1nc2cnc3c(ccn3S(=O)(=O)c3ccccc3)c2n1[C@H]1CCN(CC(=O)NCC(F)(F)F)C1. The number of nitrogens with zero attached hydrogens (tertiary/aromatic N) is 5. The number of aromatic nitrogens is 4. The summed E-state index contributed by atoms with van der Waals surface area (Å²) in [5.41, 5.74) is 1.24. The van der Waals surface area contributed by atoms with E-state index in [0.717, 1.165) is 3.97 Å². The molecule has 0 aliphatic carbocycles. The molecule has 2 N–H and O–H groups in total. The highest BCUT2D eigenvalue weighted by Crippen LogP contribution is 2.35. The maximum absolute atomic E-state index is 13.3. The van der Waals surface area contributed by atoms with Gasteiger partial charge in [-0.25, -0.2) is 22.4 Å². The Balaban J connectivity index is 1.51. The van der Waals surface area contributed by atoms with Gasteiger partial charge in [0.1, 0.15) is 24.0 Å². The lowest BCUT2D eigenvalue weighted by Crippen LogP contribution is -2.40. The monoisotopic (exact) mass is 550 g/mol. The van der Waals surface area contributed by atoms with Crippen LogP contribution in [0.1, 0.15) is 31.3 Å². The Morgan fingerprint density at radius 2 is 1.97 bits per heavy atom. The number of carbonyl (C=O) groups excluding carboxylic acids is 1. The Morgan fingerprint density at radius 1 is 1.24 bits per heavy atom. The Hall–Kier alpha value is -3.49. The van der Waals surface area contributed by atoms with E-state index in [1.807, 2.05) is 9.88 Å². The molecular weight excluding hydrogens is 525 g/mol. The molecule has 3 aromatic heterocycles. The van der Waals surface area contributed by atoms with Gasteiger partial charge in [-0.15, -0.1) is 0 Å². The molecule has 38 heavy (non-hydrogen) atoms. The smallest absolute Gasteiger partial charge is 0.385 e. The highest BCUT2D eigenvalue weighted by Gasteiger charge is 2.32. The lowest BCUT2D eigenvalue weighted by molar-refractivity contribution is -0.138. The second-order valence-corrected chi connectivity index (χ2v) is 11.1. The number of hydrogen-bond donors (Lipinski definition) is 2. The van der Waals surface area contributed by atoms with Crippen molar-refractivity contribution in [1.29, 1.82) is 0 Å². The molecule has 2 atom stereocenters. The van der Waals surface area contributed by atoms with Crippen LogP contribution in [0.4, 0.5) is 13.2 Å². The van der Waals surface area contributed by atoms with Gasteiger partial charge in [-0.2, -0.15) is 13.2 Å². The predicted molar refractivity (Wildman–Crippen MR) is 132 cm³/mol. The summed E-state index contributed by atoms with van der Waals surface area (Å²) in [6, 6.07) is 9.33. The number of imidazole rings is 1. The number of nitrogens with one attached hydrogen (secondary N) is 1. The average molecular weight is 551 g/mol. The number of carbonyl (C=O) groups is 1. The third-order valence-electron chi connectivity index (χ3n) is 6.50. The first-order valence-corrected chi connectivity index (χ1v) is 13.3. The first-order chi connectivity index (χ1) is 18.0. The van der Waals surface area contributed by atoms with Crippen LogP contribution in [0.25, 0.3) is 22.1 Å². The van der Waals surface area contributed by atoms with Gasteiger partial charge in [0.05, 0.1) is 23.2 Å². The first-order valence-electron chi connectivity index (χ1n) is 11.9. The van der Waals surface area contributed by atoms with Gasteiger partial charge in [0.25, 0.3) is 10.0 Å². The minimum absolute atomic E-state index is 0.104. The van der Waals surface area contributed by atoms with Crippen molar-refractivity contribution in [2.75, 3.05) is 26.2 Å². The molecule has 4 heterocycles. The second-order valence-electron chi connectivity index (χ2n) is 9.24. The molecule has 10 nitrogen and oxygen atoms in total. The van der Waals surface area contributed by atoms with Gasteiger partial charge in [-0.05, 0) is 31.5 Å². The zero-order valence-corrected chi connectivity index (χ0v) is 21.1. The van der Waals surface area contributed by atoms with E-state index in [0.29, 0.717) is 41.8 Å². The number of benzene rings is 1. The van der Waals surface area contributed by atoms with Crippen LogP contribution in [0.15, 0.2) is 53.7 Å². The van der Waals surface area contributed by atoms with Crippen LogP contribution >= 0.6 is 0 Å². The van der Waals surface area contributed by atoms with Crippen LogP contribution in [0.3, 0.4) is 0 Å². The number of hydrogen-bond acceptors (Lipinski definition) is 7. The van der Waals surface area contributed by atoms with Gasteiger partial charge in [0, 0.05) is 30.7 Å². The van der Waals surface area contributed by atoms with Crippen molar-refractivity contribution in [3.8, 4) is 0 Å². The van der Waals surface area contributed by atoms with Gasteiger partial charge < -0.3 is 15.0 Å². The topological polar surface area (TPSA) is 122 Å². The maximum atomic E-state index is 13.3. The minimum atomic E-state index is -4.49. The van der Waals surface area contributed by atoms with Crippen LogP contribution in [-0.2, 0) is 14.8 Å². The number of halogens is 3. The molecule has 5 rings (SSSR count). The fourth-order valence-corrected chi connectivity index (χ4v) is 6.18. The van der Waals surface area contributed by atoms with E-state index in [1.54, 1.807) is 36.1 Å². The summed E-state index contributed by atoms with van der Waals surface area (Å²) in [7, 11) is -3.93. The molecular formula is C24H25F3N6O4S. The molecule has 0 bridgehead atoms. The number of aliphatic hydroxyl groups excluding tert-OH is 1. The molecule has 1 fully saturated rings. The number of aliphatic hydroxyl groups is 1. The first kappa shape index (κ1) is 26.1. The van der Waals surface area contributed by atoms with Crippen molar-refractivity contribution < 1.29 is 31.5 Å². The van der Waals surface area contributed by atoms with E-state index >= 15 is 0 Å². The number of pyridine rings is 1. The molecule has 1 aliphatic rings. The lowest BCUT2D eigenvalue weighted by Gasteiger charge is -2.20. The summed E-state index contributed by atoms with van der Waals surface area (Å²) >= 11 is 0. The Morgan fingerprint density at radius 3 is 2.66 bits per heavy atom. The van der Waals surface area contributed by atoms with E-state index in [1.165, 1.54) is 24.5 Å². The second kappa shape index (κ2) is 9.67. The Labute approximate surface area is 215 Å². The summed E-state index contributed by atoms with van der Waals surface area (Å²) in [6.07, 6.45) is -2.03. The van der Waals surface area contributed by atoms with E-state index in [-0.39, 0.29) is 23.1 Å². The molecule has 1 unspecified atom stereocenters. The Bertz CT molecular complexity index is 1600. The lowest BCUT2D eigenvalue weighted by atomic mass is 10.2. The summed E-state index contributed by atoms with van der Waals surface area (Å²) in [4.78, 5) is 22.8. The van der Waals surface area contributed by atoms with Crippen LogP contribution < -0.4 is 5.32 Å². The van der Waals surface area contributed by atoms with E-state index < -0.39 is 34.8 Å². The average Bonchev–Trinajstić information content (AvgIpc) is 3.59. The summed E-state index contributed by atoms with van der Waals surface area (Å²) in [5.74, 6) is -0.384. The predicted octanol–water partition coefficient (Wildman–Crippen LogP) is 2.60. The number of fused-ring (bicyclic) bond motifs is 3. The number of amides is 1. The molecule has 4 aromatic rings. The van der Waals surface area contributed by atoms with Crippen LogP contribution in [0.5, 0.6) is 0 Å². The van der Waals surface area contributed by atoms with Crippen molar-refractivity contribution in [2.24, 2.45) is 0 Å². The maximum Gasteiger partial charge on any atom is 0.405 e. The zero-order chi connectivity index (χ0) is 27.2. The van der Waals surface area contributed by atoms with Gasteiger partial charge in [-0.1, -0.05) is 18.2 Å². The number of rotatable bonds is 7. The molecule has 1 aliphatic heterocycles. The zero-order valence-electron chi connectivity index (χ0n) is 20.3. The Kier molecular flexibility index (Phi) is 6.65. The summed E-state index contributed by atoms with van der Waals surface area (Å²) in [6.45, 7) is 0.740. The highest BCUT2D eigenvalue weighted by molar-refractivity contribution is 7.90. The normalized spacial score (nSPS) is 17.9. The number of likely N-dealkylation sites (tertiary alicyclic amines) is 1. The van der Waals surface area contributed by atoms with Gasteiger partial charge in [0.2, 0.25) is 5.91 Å². The molecule has 1 aromatic carbocycles. The van der Waals surface area contributed by atoms with Crippen LogP contribution in [-0.4, -0.2) is 75.2 Å². The molecule has 1 amide bonds. The van der Waals surface area contributed by atoms with Crippen LogP contribution in [0, 0.1) is 0 Å². The van der Waals surface area contributed by atoms with Crippen LogP contribution in [0.2, 0.25) is 0 Å². The standard InChI is InChI=1S/C24H25F3N6O4S/c1-15(34)22-30-19-11-28-23-18(8-10-32(23)38(36,37)17-5-3-2-4-6-17)21(19)33(22)16-7-9-31(12-16)13-20(35)29-14-24(25,26)27/h2-6,8,10-11,15-16,34H,7,9,12-14H2,1H3,(H,29,35)/t15?,16-/m0/s1. The molecule has 0 spiro atoms. The minimum Gasteiger partial charge on any atom is -0.385 e. The summed E-state index contributed by atoms with van der Waals surface area (Å²) in [5, 5.41) is 12.9. The third-order valence-corrected chi connectivity index (χ3v) is 8.18. The van der Waals surface area contributed by atoms with Crippen molar-refractivity contribution in [1.82, 2.24) is 28.7 Å². The fourth-order valence-electron chi connectivity index (χ4n) is 4.85. The van der Waals surface area contributed by atoms with Gasteiger partial charge in [0.15, 0.2) is 5.65 Å². The van der Waals surface area contributed by atoms with Gasteiger partial charge >= 0.3 is 6.18 Å². The summed E-state index contributed by atoms with van der Waals surface area (Å²) < 4.78 is 66.9. The molecule has 0 radical (unpaired) electrons. The molecule has 1 saturated heterocycles. The van der Waals surface area contributed by atoms with E-state index in [9.17, 15) is 31.5 Å². The van der Waals surface area contributed by atoms with Crippen molar-refractivity contribution in [3.63, 3.8) is 0 Å². The highest BCUT2D eigenvalue weighted by atomic mass is 32.2. The largest absolute Gasteiger partial charge is 0.405 e. The van der Waals surface area contributed by atoms with E-state index in [4.69, 9.17) is 0 Å². The molecule has 14 heteroatoms. The third kappa shape index (κ3) is 4.86. The van der Waals surface area contributed by atoms with Crippen molar-refractivity contribution in [2.45, 2.75) is 36.6 Å². The van der Waals surface area contributed by atoms with E-state index in [2.05, 4.69) is 9.97 Å².